The Morgan fingerprint density at radius 1 is 1.02 bits per heavy atom. The maximum absolute atomic E-state index is 13.0. The fourth-order valence-corrected chi connectivity index (χ4v) is 6.67. The first-order valence-corrected chi connectivity index (χ1v) is 16.9. The summed E-state index contributed by atoms with van der Waals surface area (Å²) >= 11 is 0. The van der Waals surface area contributed by atoms with Crippen LogP contribution in [0.3, 0.4) is 0 Å². The minimum absolute atomic E-state index is 0.115. The molecule has 2 amide bonds. The summed E-state index contributed by atoms with van der Waals surface area (Å²) in [4.78, 5) is 32.0. The topological polar surface area (TPSA) is 123 Å². The summed E-state index contributed by atoms with van der Waals surface area (Å²) in [5, 5.41) is 10.8. The highest BCUT2D eigenvalue weighted by molar-refractivity contribution is 5.88. The number of hydrogen-bond acceptors (Lipinski definition) is 9. The average molecular weight is 647 g/mol. The van der Waals surface area contributed by atoms with E-state index in [-0.39, 0.29) is 18.5 Å². The van der Waals surface area contributed by atoms with Crippen LogP contribution in [0.4, 0.5) is 9.59 Å². The molecule has 4 aliphatic rings. The predicted octanol–water partition coefficient (Wildman–Crippen LogP) is 7.06. The van der Waals surface area contributed by atoms with Crippen LogP contribution in [-0.4, -0.2) is 78.4 Å². The van der Waals surface area contributed by atoms with E-state index in [1.807, 2.05) is 17.1 Å². The van der Waals surface area contributed by atoms with Gasteiger partial charge in [0, 0.05) is 54.3 Å². The van der Waals surface area contributed by atoms with E-state index >= 15 is 0 Å². The van der Waals surface area contributed by atoms with Crippen molar-refractivity contribution >= 4 is 28.8 Å². The molecule has 0 N–H and O–H groups in total. The van der Waals surface area contributed by atoms with Crippen molar-refractivity contribution in [1.29, 1.82) is 0 Å². The highest BCUT2D eigenvalue weighted by atomic mass is 16.7. The minimum Gasteiger partial charge on any atom is -0.443 e. The van der Waals surface area contributed by atoms with Crippen molar-refractivity contribution in [2.75, 3.05) is 19.8 Å². The minimum atomic E-state index is -0.728. The van der Waals surface area contributed by atoms with Crippen LogP contribution in [0.1, 0.15) is 104 Å². The van der Waals surface area contributed by atoms with Crippen molar-refractivity contribution in [1.82, 2.24) is 29.4 Å². The van der Waals surface area contributed by atoms with Crippen molar-refractivity contribution in [2.45, 2.75) is 115 Å². The lowest BCUT2D eigenvalue weighted by molar-refractivity contribution is -0.160. The first kappa shape index (κ1) is 31.8. The van der Waals surface area contributed by atoms with Crippen LogP contribution >= 0.6 is 0 Å². The van der Waals surface area contributed by atoms with Gasteiger partial charge in [0.05, 0.1) is 42.4 Å². The Morgan fingerprint density at radius 2 is 1.70 bits per heavy atom. The fraction of sp³-hybridized carbons (Fsp3) is 0.629. The van der Waals surface area contributed by atoms with Crippen molar-refractivity contribution in [3.05, 3.63) is 36.4 Å². The van der Waals surface area contributed by atoms with Crippen molar-refractivity contribution in [3.63, 3.8) is 0 Å². The second-order valence-electron chi connectivity index (χ2n) is 15.4. The van der Waals surface area contributed by atoms with E-state index in [0.717, 1.165) is 83.4 Å². The number of imide groups is 1. The van der Waals surface area contributed by atoms with Gasteiger partial charge in [0.15, 0.2) is 5.79 Å². The van der Waals surface area contributed by atoms with Crippen LogP contribution in [0.25, 0.3) is 27.9 Å². The molecule has 0 bridgehead atoms. The van der Waals surface area contributed by atoms with Crippen LogP contribution < -0.4 is 0 Å². The quantitative estimate of drug-likeness (QED) is 0.277. The van der Waals surface area contributed by atoms with E-state index in [0.29, 0.717) is 19.1 Å². The van der Waals surface area contributed by atoms with E-state index in [1.165, 1.54) is 0 Å². The van der Waals surface area contributed by atoms with Gasteiger partial charge in [-0.25, -0.2) is 19.2 Å². The largest absolute Gasteiger partial charge is 0.443 e. The Kier molecular flexibility index (Phi) is 7.94. The highest BCUT2D eigenvalue weighted by Crippen LogP contribution is 2.46. The van der Waals surface area contributed by atoms with Crippen LogP contribution in [0.5, 0.6) is 0 Å². The second kappa shape index (κ2) is 11.7. The van der Waals surface area contributed by atoms with E-state index in [1.54, 1.807) is 41.5 Å². The number of rotatable bonds is 6. The molecule has 0 unspecified atom stereocenters. The van der Waals surface area contributed by atoms with Crippen LogP contribution in [0, 0.1) is 5.92 Å². The van der Waals surface area contributed by atoms with E-state index in [4.69, 9.17) is 34.1 Å². The third-order valence-corrected chi connectivity index (χ3v) is 9.20. The molecule has 47 heavy (non-hydrogen) atoms. The number of hydrogen-bond donors (Lipinski definition) is 0. The second-order valence-corrected chi connectivity index (χ2v) is 15.4. The highest BCUT2D eigenvalue weighted by Gasteiger charge is 2.40. The number of amides is 2. The molecule has 7 rings (SSSR count). The normalized spacial score (nSPS) is 22.6. The Balaban J connectivity index is 1.08. The SMILES string of the molecule is CC(C)(C)OC(=O)N(C[C@H]1C[C@H](n2cc(-c3cc4c(cn3)cnn4C3=CCC4(CC3)OCCO4)c(C3CC3)n2)C1)C(=O)OC(C)(C)C. The van der Waals surface area contributed by atoms with Gasteiger partial charge in [-0.3, -0.25) is 9.67 Å². The number of allylic oxidation sites excluding steroid dienone is 1. The molecule has 4 heterocycles. The lowest BCUT2D eigenvalue weighted by Gasteiger charge is -2.38. The molecule has 2 saturated carbocycles. The molecule has 1 spiro atoms. The molecule has 12 nitrogen and oxygen atoms in total. The summed E-state index contributed by atoms with van der Waals surface area (Å²) in [5.41, 5.74) is 3.74. The van der Waals surface area contributed by atoms with Gasteiger partial charge in [0.2, 0.25) is 0 Å². The number of nitrogens with zero attached hydrogens (tertiary/aromatic N) is 6. The van der Waals surface area contributed by atoms with Gasteiger partial charge >= 0.3 is 12.2 Å². The van der Waals surface area contributed by atoms with Crippen LogP contribution in [0.2, 0.25) is 0 Å². The monoisotopic (exact) mass is 646 g/mol. The molecule has 12 heteroatoms. The molecular weight excluding hydrogens is 600 g/mol. The van der Waals surface area contributed by atoms with Crippen molar-refractivity contribution in [3.8, 4) is 11.3 Å². The molecule has 1 saturated heterocycles. The summed E-state index contributed by atoms with van der Waals surface area (Å²) in [5.74, 6) is 0.0730. The maximum atomic E-state index is 13.0. The van der Waals surface area contributed by atoms with E-state index in [9.17, 15) is 9.59 Å². The molecule has 1 aliphatic heterocycles. The van der Waals surface area contributed by atoms with Gasteiger partial charge in [-0.15, -0.1) is 0 Å². The lowest BCUT2D eigenvalue weighted by Crippen LogP contribution is -2.47. The Labute approximate surface area is 275 Å². The zero-order valence-corrected chi connectivity index (χ0v) is 28.3. The first-order valence-electron chi connectivity index (χ1n) is 16.9. The fourth-order valence-electron chi connectivity index (χ4n) is 6.67. The van der Waals surface area contributed by atoms with E-state index < -0.39 is 29.2 Å². The standard InChI is InChI=1S/C35H46N6O6/c1-33(2,3)46-31(42)39(32(43)47-34(4,5)6)20-22-15-26(16-22)40-21-27(30(38-40)23-7-8-23)28-17-29-24(18-36-28)19-37-41(29)25-9-11-35(12-10-25)44-13-14-45-35/h9,17-19,21-23,26H,7-8,10-16,20H2,1-6H3/t22-,26-. The number of carbonyl (C=O) groups excluding carboxylic acids is 2. The maximum Gasteiger partial charge on any atom is 0.419 e. The molecule has 3 fully saturated rings. The summed E-state index contributed by atoms with van der Waals surface area (Å²) in [7, 11) is 0. The number of ether oxygens (including phenoxy) is 4. The van der Waals surface area contributed by atoms with Gasteiger partial charge in [0.1, 0.15) is 11.2 Å². The summed E-state index contributed by atoms with van der Waals surface area (Å²) in [6.45, 7) is 12.3. The number of carbonyl (C=O) groups is 2. The molecule has 0 aromatic carbocycles. The summed E-state index contributed by atoms with van der Waals surface area (Å²) in [6, 6.07) is 2.30. The van der Waals surface area contributed by atoms with Crippen molar-refractivity contribution < 1.29 is 28.5 Å². The summed E-state index contributed by atoms with van der Waals surface area (Å²) < 4.78 is 27.0. The smallest absolute Gasteiger partial charge is 0.419 e. The molecule has 3 aliphatic carbocycles. The van der Waals surface area contributed by atoms with Crippen LogP contribution in [-0.2, 0) is 18.9 Å². The van der Waals surface area contributed by atoms with E-state index in [2.05, 4.69) is 23.0 Å². The van der Waals surface area contributed by atoms with Gasteiger partial charge in [-0.05, 0) is 85.6 Å². The average Bonchev–Trinajstić information content (AvgIpc) is 3.35. The Bertz CT molecular complexity index is 1670. The molecule has 3 aromatic rings. The summed E-state index contributed by atoms with van der Waals surface area (Å²) in [6.07, 6.45) is 12.9. The van der Waals surface area contributed by atoms with Gasteiger partial charge in [0.25, 0.3) is 0 Å². The lowest BCUT2D eigenvalue weighted by atomic mass is 9.80. The van der Waals surface area contributed by atoms with Gasteiger partial charge in [-0.1, -0.05) is 6.08 Å². The van der Waals surface area contributed by atoms with Gasteiger partial charge in [-0.2, -0.15) is 10.2 Å². The van der Waals surface area contributed by atoms with Crippen molar-refractivity contribution in [2.24, 2.45) is 5.92 Å². The zero-order chi connectivity index (χ0) is 33.1. The number of aromatic nitrogens is 5. The molecule has 0 atom stereocenters. The zero-order valence-electron chi connectivity index (χ0n) is 28.3. The predicted molar refractivity (Wildman–Crippen MR) is 174 cm³/mol. The molecule has 252 valence electrons. The molecule has 3 aromatic heterocycles. The Hall–Kier alpha value is -3.77. The third kappa shape index (κ3) is 6.80. The number of pyridine rings is 1. The first-order chi connectivity index (χ1) is 22.3. The molecular formula is C35H46N6O6. The molecule has 0 radical (unpaired) electrons. The Morgan fingerprint density at radius 3 is 2.30 bits per heavy atom. The number of fused-ring (bicyclic) bond motifs is 1. The van der Waals surface area contributed by atoms with Gasteiger partial charge < -0.3 is 18.9 Å². The van der Waals surface area contributed by atoms with Crippen LogP contribution in [0.15, 0.2) is 30.7 Å². The third-order valence-electron chi connectivity index (χ3n) is 9.20.